The molecule has 4 N–H and O–H groups in total. The van der Waals surface area contributed by atoms with Crippen LogP contribution in [-0.4, -0.2) is 18.1 Å². The van der Waals surface area contributed by atoms with Crippen LogP contribution in [0.5, 0.6) is 0 Å². The molecule has 0 aromatic carbocycles. The summed E-state index contributed by atoms with van der Waals surface area (Å²) in [6, 6.07) is 1.73. The topological polar surface area (TPSA) is 68.2 Å². The molecule has 1 saturated heterocycles. The van der Waals surface area contributed by atoms with Crippen LogP contribution in [-0.2, 0) is 0 Å². The molecule has 0 bridgehead atoms. The number of hydrogen-bond acceptors (Lipinski definition) is 4. The third-order valence-corrected chi connectivity index (χ3v) is 2.41. The summed E-state index contributed by atoms with van der Waals surface area (Å²) < 4.78 is 0. The van der Waals surface area contributed by atoms with Crippen molar-refractivity contribution < 1.29 is 0 Å². The van der Waals surface area contributed by atoms with E-state index in [1.165, 1.54) is 12.8 Å². The van der Waals surface area contributed by atoms with E-state index in [9.17, 15) is 0 Å². The van der Waals surface area contributed by atoms with E-state index in [-0.39, 0.29) is 0 Å². The number of rotatable bonds is 1. The molecule has 0 saturated carbocycles. The summed E-state index contributed by atoms with van der Waals surface area (Å²) >= 11 is 0. The second kappa shape index (κ2) is 3.12. The molecule has 1 fully saturated rings. The first-order chi connectivity index (χ1) is 6.29. The van der Waals surface area contributed by atoms with E-state index in [0.29, 0.717) is 11.4 Å². The van der Waals surface area contributed by atoms with Gasteiger partial charge in [-0.3, -0.25) is 0 Å². The van der Waals surface area contributed by atoms with E-state index < -0.39 is 0 Å². The number of hydrogen-bond donors (Lipinski definition) is 2. The van der Waals surface area contributed by atoms with Crippen molar-refractivity contribution in [3.05, 3.63) is 12.3 Å². The van der Waals surface area contributed by atoms with Gasteiger partial charge in [-0.05, 0) is 18.9 Å². The van der Waals surface area contributed by atoms with Gasteiger partial charge in [-0.2, -0.15) is 0 Å². The van der Waals surface area contributed by atoms with Crippen molar-refractivity contribution in [3.63, 3.8) is 0 Å². The molecule has 0 atom stereocenters. The van der Waals surface area contributed by atoms with E-state index in [1.807, 2.05) is 0 Å². The molecule has 0 aliphatic carbocycles. The maximum atomic E-state index is 5.83. The van der Waals surface area contributed by atoms with E-state index in [0.717, 1.165) is 18.9 Å². The van der Waals surface area contributed by atoms with Gasteiger partial charge in [-0.15, -0.1) is 0 Å². The highest BCUT2D eigenvalue weighted by atomic mass is 15.2. The molecule has 4 nitrogen and oxygen atoms in total. The molecular formula is C9H14N4. The fraction of sp³-hybridized carbons (Fsp3) is 0.444. The molecule has 70 valence electrons. The molecule has 2 heterocycles. The predicted molar refractivity (Wildman–Crippen MR) is 54.5 cm³/mol. The lowest BCUT2D eigenvalue weighted by Gasteiger charge is -2.18. The average molecular weight is 178 g/mol. The van der Waals surface area contributed by atoms with E-state index in [4.69, 9.17) is 11.5 Å². The van der Waals surface area contributed by atoms with Crippen LogP contribution in [0.1, 0.15) is 12.8 Å². The molecule has 0 radical (unpaired) electrons. The first-order valence-corrected chi connectivity index (χ1v) is 4.54. The number of nitrogens with zero attached hydrogens (tertiary/aromatic N) is 2. The second-order valence-electron chi connectivity index (χ2n) is 3.33. The highest BCUT2D eigenvalue weighted by Crippen LogP contribution is 2.27. The third kappa shape index (κ3) is 1.39. The Labute approximate surface area is 77.5 Å². The third-order valence-electron chi connectivity index (χ3n) is 2.41. The molecule has 4 heteroatoms. The number of pyridine rings is 1. The molecule has 1 aromatic rings. The van der Waals surface area contributed by atoms with Gasteiger partial charge in [0.05, 0.1) is 11.4 Å². The normalized spacial score (nSPS) is 16.5. The number of aromatic nitrogens is 1. The van der Waals surface area contributed by atoms with E-state index >= 15 is 0 Å². The van der Waals surface area contributed by atoms with Gasteiger partial charge in [0.2, 0.25) is 0 Å². The molecule has 13 heavy (non-hydrogen) atoms. The van der Waals surface area contributed by atoms with Crippen molar-refractivity contribution in [1.29, 1.82) is 0 Å². The standard InChI is InChI=1S/C9H14N4/c10-7-3-4-12-9(8(7)11)13-5-1-2-6-13/h3-4H,1-2,5-6,11H2,(H2,10,12). The van der Waals surface area contributed by atoms with Crippen LogP contribution in [0.15, 0.2) is 12.3 Å². The highest BCUT2D eigenvalue weighted by Gasteiger charge is 2.16. The molecule has 0 spiro atoms. The molecule has 0 amide bonds. The minimum atomic E-state index is 0.615. The zero-order chi connectivity index (χ0) is 9.26. The van der Waals surface area contributed by atoms with E-state index in [2.05, 4.69) is 9.88 Å². The van der Waals surface area contributed by atoms with Gasteiger partial charge in [0.25, 0.3) is 0 Å². The van der Waals surface area contributed by atoms with Crippen LogP contribution >= 0.6 is 0 Å². The summed E-state index contributed by atoms with van der Waals surface area (Å²) in [7, 11) is 0. The quantitative estimate of drug-likeness (QED) is 0.669. The lowest BCUT2D eigenvalue weighted by molar-refractivity contribution is 0.941. The Kier molecular flexibility index (Phi) is 1.96. The van der Waals surface area contributed by atoms with Crippen LogP contribution in [0.2, 0.25) is 0 Å². The summed E-state index contributed by atoms with van der Waals surface area (Å²) in [5.74, 6) is 0.845. The lowest BCUT2D eigenvalue weighted by Crippen LogP contribution is -2.20. The summed E-state index contributed by atoms with van der Waals surface area (Å²) in [6.07, 6.45) is 4.14. The Balaban J connectivity index is 2.33. The van der Waals surface area contributed by atoms with Crippen molar-refractivity contribution in [2.24, 2.45) is 0 Å². The van der Waals surface area contributed by atoms with Gasteiger partial charge < -0.3 is 16.4 Å². The number of nitrogen functional groups attached to an aromatic ring is 2. The van der Waals surface area contributed by atoms with Gasteiger partial charge in [-0.1, -0.05) is 0 Å². The Morgan fingerprint density at radius 3 is 2.62 bits per heavy atom. The number of nitrogens with two attached hydrogens (primary N) is 2. The fourth-order valence-electron chi connectivity index (χ4n) is 1.66. The summed E-state index contributed by atoms with van der Waals surface area (Å²) in [5.41, 5.74) is 12.8. The summed E-state index contributed by atoms with van der Waals surface area (Å²) in [5, 5.41) is 0. The van der Waals surface area contributed by atoms with Gasteiger partial charge >= 0.3 is 0 Å². The molecule has 2 rings (SSSR count). The Morgan fingerprint density at radius 1 is 1.23 bits per heavy atom. The van der Waals surface area contributed by atoms with Crippen LogP contribution in [0.25, 0.3) is 0 Å². The van der Waals surface area contributed by atoms with Crippen molar-refractivity contribution in [3.8, 4) is 0 Å². The van der Waals surface area contributed by atoms with Crippen LogP contribution in [0.3, 0.4) is 0 Å². The minimum Gasteiger partial charge on any atom is -0.397 e. The van der Waals surface area contributed by atoms with Crippen LogP contribution in [0, 0.1) is 0 Å². The first kappa shape index (κ1) is 8.16. The van der Waals surface area contributed by atoms with Gasteiger partial charge in [0.15, 0.2) is 5.82 Å². The highest BCUT2D eigenvalue weighted by molar-refractivity contribution is 5.76. The van der Waals surface area contributed by atoms with Crippen molar-refractivity contribution in [2.75, 3.05) is 29.5 Å². The van der Waals surface area contributed by atoms with Gasteiger partial charge in [-0.25, -0.2) is 4.98 Å². The zero-order valence-electron chi connectivity index (χ0n) is 7.53. The SMILES string of the molecule is Nc1ccnc(N2CCCC2)c1N. The van der Waals surface area contributed by atoms with Gasteiger partial charge in [0.1, 0.15) is 0 Å². The monoisotopic (exact) mass is 178 g/mol. The molecular weight excluding hydrogens is 164 g/mol. The van der Waals surface area contributed by atoms with Crippen molar-refractivity contribution >= 4 is 17.2 Å². The van der Waals surface area contributed by atoms with E-state index in [1.54, 1.807) is 12.3 Å². The molecule has 1 aromatic heterocycles. The molecule has 1 aliphatic rings. The average Bonchev–Trinajstić information content (AvgIpc) is 2.62. The maximum absolute atomic E-state index is 5.83. The minimum absolute atomic E-state index is 0.615. The number of anilines is 3. The Bertz CT molecular complexity index is 304. The van der Waals surface area contributed by atoms with Crippen molar-refractivity contribution in [2.45, 2.75) is 12.8 Å². The predicted octanol–water partition coefficient (Wildman–Crippen LogP) is 0.846. The lowest BCUT2D eigenvalue weighted by atomic mass is 10.3. The zero-order valence-corrected chi connectivity index (χ0v) is 7.53. The first-order valence-electron chi connectivity index (χ1n) is 4.54. The second-order valence-corrected chi connectivity index (χ2v) is 3.33. The fourth-order valence-corrected chi connectivity index (χ4v) is 1.66. The van der Waals surface area contributed by atoms with Crippen LogP contribution in [0.4, 0.5) is 17.2 Å². The maximum Gasteiger partial charge on any atom is 0.153 e. The van der Waals surface area contributed by atoms with Crippen LogP contribution < -0.4 is 16.4 Å². The largest absolute Gasteiger partial charge is 0.397 e. The van der Waals surface area contributed by atoms with Gasteiger partial charge in [0, 0.05) is 19.3 Å². The summed E-state index contributed by atoms with van der Waals surface area (Å²) in [4.78, 5) is 6.43. The van der Waals surface area contributed by atoms with Crippen molar-refractivity contribution in [1.82, 2.24) is 4.98 Å². The summed E-state index contributed by atoms with van der Waals surface area (Å²) in [6.45, 7) is 2.08. The smallest absolute Gasteiger partial charge is 0.153 e. The molecule has 0 unspecified atom stereocenters. The Hall–Kier alpha value is -1.45. The molecule has 1 aliphatic heterocycles. The Morgan fingerprint density at radius 2 is 1.92 bits per heavy atom.